The second-order valence-electron chi connectivity index (χ2n) is 11.3. The first-order chi connectivity index (χ1) is 18.3. The summed E-state index contributed by atoms with van der Waals surface area (Å²) in [5, 5.41) is 4.38. The number of nitrogens with zero attached hydrogens (tertiary/aromatic N) is 4. The molecule has 1 saturated carbocycles. The fraction of sp³-hybridized carbons (Fsp3) is 0.357. The van der Waals surface area contributed by atoms with Gasteiger partial charge in [-0.3, -0.25) is 0 Å². The van der Waals surface area contributed by atoms with Gasteiger partial charge in [-0.25, -0.2) is 4.98 Å². The lowest BCUT2D eigenvalue weighted by Crippen LogP contribution is -2.48. The minimum absolute atomic E-state index is 0.0889. The number of piperidine rings is 1. The van der Waals surface area contributed by atoms with E-state index in [2.05, 4.69) is 37.8 Å². The van der Waals surface area contributed by atoms with E-state index in [-0.39, 0.29) is 12.0 Å². The molecule has 1 saturated heterocycles. The van der Waals surface area contributed by atoms with E-state index in [0.717, 1.165) is 66.8 Å². The Morgan fingerprint density at radius 3 is 2.36 bits per heavy atom. The van der Waals surface area contributed by atoms with Crippen LogP contribution in [0.15, 0.2) is 64.5 Å². The lowest BCUT2D eigenvalue weighted by atomic mass is 9.81. The number of halogens is 5. The number of fused-ring (bicyclic) bond motifs is 2. The van der Waals surface area contributed by atoms with Crippen molar-refractivity contribution in [2.45, 2.75) is 50.0 Å². The van der Waals surface area contributed by atoms with Crippen LogP contribution in [0.5, 0.6) is 0 Å². The average Bonchev–Trinajstić information content (AvgIpc) is 3.43. The summed E-state index contributed by atoms with van der Waals surface area (Å²) < 4.78 is 68.5. The molecule has 3 heterocycles. The van der Waals surface area contributed by atoms with Crippen molar-refractivity contribution in [1.29, 1.82) is 0 Å². The van der Waals surface area contributed by atoms with Gasteiger partial charge in [0.15, 0.2) is 5.84 Å². The molecule has 3 aromatic rings. The monoisotopic (exact) mass is 562 g/mol. The van der Waals surface area contributed by atoms with Gasteiger partial charge in [0.05, 0.1) is 18.1 Å². The molecule has 206 valence electrons. The first-order valence-corrected chi connectivity index (χ1v) is 14.9. The molecule has 11 heteroatoms. The highest BCUT2D eigenvalue weighted by molar-refractivity contribution is 8.45. The van der Waals surface area contributed by atoms with Crippen molar-refractivity contribution in [3.05, 3.63) is 82.4 Å². The minimum Gasteiger partial charge on any atom is -0.392 e. The van der Waals surface area contributed by atoms with Crippen LogP contribution in [0.25, 0.3) is 11.8 Å². The zero-order chi connectivity index (χ0) is 27.3. The number of amidine groups is 1. The highest BCUT2D eigenvalue weighted by Crippen LogP contribution is 3.02. The van der Waals surface area contributed by atoms with Crippen LogP contribution < -0.4 is 0 Å². The number of hydrogen-bond acceptors (Lipinski definition) is 4. The van der Waals surface area contributed by atoms with Crippen molar-refractivity contribution in [3.63, 3.8) is 0 Å². The Labute approximate surface area is 222 Å². The quantitative estimate of drug-likeness (QED) is 0.304. The number of aryl methyl sites for hydroxylation is 1. The molecule has 2 aliphatic heterocycles. The van der Waals surface area contributed by atoms with Crippen molar-refractivity contribution < 1.29 is 24.3 Å². The van der Waals surface area contributed by atoms with Crippen LogP contribution >= 0.6 is 10.2 Å². The summed E-state index contributed by atoms with van der Waals surface area (Å²) in [5.74, 6) is 0.669. The Morgan fingerprint density at radius 2 is 1.74 bits per heavy atom. The Bertz CT molecular complexity index is 1570. The number of imidazole rings is 1. The van der Waals surface area contributed by atoms with Crippen molar-refractivity contribution in [3.8, 4) is 5.69 Å². The standard InChI is InChI=1S/C28H27F5N4OS/c1-18-14-36(17-34-18)25-9-4-20(23-7-8-24(23)25)12-21-13-28(10-11-28)16-37-26(15-38-35-27(21)37)19-2-5-22(6-3-19)39(29,30,31,32)33/h2-6,9,12,14,17,26H,7-8,10-11,13,15-16H2,1H3/b21-12+. The van der Waals surface area contributed by atoms with Crippen LogP contribution in [-0.2, 0) is 17.7 Å². The van der Waals surface area contributed by atoms with Crippen molar-refractivity contribution in [2.75, 3.05) is 13.2 Å². The molecule has 1 aromatic heterocycles. The van der Waals surface area contributed by atoms with Crippen molar-refractivity contribution in [2.24, 2.45) is 10.6 Å². The summed E-state index contributed by atoms with van der Waals surface area (Å²) in [4.78, 5) is 10.1. The predicted octanol–water partition coefficient (Wildman–Crippen LogP) is 7.89. The summed E-state index contributed by atoms with van der Waals surface area (Å²) in [6.07, 6.45) is 11.0. The molecule has 2 aromatic carbocycles. The second kappa shape index (κ2) is 7.44. The fourth-order valence-corrected chi connectivity index (χ4v) is 6.75. The molecule has 0 amide bonds. The van der Waals surface area contributed by atoms with Gasteiger partial charge in [0.1, 0.15) is 11.5 Å². The third-order valence-corrected chi connectivity index (χ3v) is 9.61. The van der Waals surface area contributed by atoms with E-state index in [1.54, 1.807) is 0 Å². The molecule has 39 heavy (non-hydrogen) atoms. The van der Waals surface area contributed by atoms with Gasteiger partial charge < -0.3 is 14.3 Å². The third-order valence-electron chi connectivity index (χ3n) is 8.44. The van der Waals surface area contributed by atoms with Crippen LogP contribution in [0, 0.1) is 12.3 Å². The molecule has 1 unspecified atom stereocenters. The summed E-state index contributed by atoms with van der Waals surface area (Å²) >= 11 is 0. The van der Waals surface area contributed by atoms with E-state index in [1.165, 1.54) is 11.1 Å². The van der Waals surface area contributed by atoms with E-state index in [0.29, 0.717) is 30.1 Å². The smallest absolute Gasteiger partial charge is 0.310 e. The fourth-order valence-electron chi connectivity index (χ4n) is 6.10. The van der Waals surface area contributed by atoms with Crippen molar-refractivity contribution in [1.82, 2.24) is 14.5 Å². The van der Waals surface area contributed by atoms with Gasteiger partial charge in [-0.2, -0.15) is 0 Å². The number of rotatable bonds is 4. The highest BCUT2D eigenvalue weighted by Gasteiger charge is 2.65. The van der Waals surface area contributed by atoms with Gasteiger partial charge >= 0.3 is 10.2 Å². The normalized spacial score (nSPS) is 24.2. The third kappa shape index (κ3) is 4.31. The molecule has 2 fully saturated rings. The largest absolute Gasteiger partial charge is 0.392 e. The molecule has 4 aliphatic rings. The van der Waals surface area contributed by atoms with E-state index < -0.39 is 21.2 Å². The Kier molecular flexibility index (Phi) is 4.71. The van der Waals surface area contributed by atoms with E-state index in [9.17, 15) is 19.4 Å². The molecule has 5 nitrogen and oxygen atoms in total. The molecule has 1 atom stereocenters. The first-order valence-electron chi connectivity index (χ1n) is 13.0. The van der Waals surface area contributed by atoms with E-state index >= 15 is 0 Å². The maximum Gasteiger partial charge on any atom is 0.310 e. The molecule has 2 aliphatic carbocycles. The number of aromatic nitrogens is 2. The molecule has 0 radical (unpaired) electrons. The van der Waals surface area contributed by atoms with Gasteiger partial charge in [-0.05, 0) is 96.5 Å². The Hall–Kier alpha value is -3.34. The van der Waals surface area contributed by atoms with Gasteiger partial charge in [0.25, 0.3) is 0 Å². The second-order valence-corrected chi connectivity index (χ2v) is 13.7. The van der Waals surface area contributed by atoms with Crippen LogP contribution in [0.1, 0.15) is 53.3 Å². The molecule has 0 bridgehead atoms. The van der Waals surface area contributed by atoms with Gasteiger partial charge in [0.2, 0.25) is 0 Å². The maximum absolute atomic E-state index is 13.3. The zero-order valence-corrected chi connectivity index (χ0v) is 22.0. The van der Waals surface area contributed by atoms with Crippen LogP contribution in [0.2, 0.25) is 0 Å². The van der Waals surface area contributed by atoms with Crippen LogP contribution in [-0.4, -0.2) is 33.4 Å². The number of benzene rings is 2. The lowest BCUT2D eigenvalue weighted by Gasteiger charge is -2.44. The minimum atomic E-state index is -9.73. The number of hydrogen-bond donors (Lipinski definition) is 0. The molecule has 0 N–H and O–H groups in total. The average molecular weight is 563 g/mol. The Morgan fingerprint density at radius 1 is 1.00 bits per heavy atom. The summed E-state index contributed by atoms with van der Waals surface area (Å²) in [5.41, 5.74) is 7.45. The molecule has 7 rings (SSSR count). The molecular formula is C28H27F5N4OS. The van der Waals surface area contributed by atoms with Gasteiger partial charge in [-0.1, -0.05) is 42.8 Å². The summed E-state index contributed by atoms with van der Waals surface area (Å²) in [6.45, 7) is 2.81. The maximum atomic E-state index is 13.3. The SMILES string of the molecule is Cc1cn(-c2ccc(/C=C3\CC4(CC4)CN4C3=NOCC4c3ccc(S(F)(F)(F)(F)F)cc3)c3c2CC3)cn1. The highest BCUT2D eigenvalue weighted by atomic mass is 32.5. The molecule has 1 spiro atoms. The van der Waals surface area contributed by atoms with E-state index in [1.807, 2.05) is 19.4 Å². The lowest BCUT2D eigenvalue weighted by molar-refractivity contribution is 0.0482. The topological polar surface area (TPSA) is 42.7 Å². The molecular weight excluding hydrogens is 535 g/mol. The van der Waals surface area contributed by atoms with E-state index in [4.69, 9.17) is 4.84 Å². The van der Waals surface area contributed by atoms with Gasteiger partial charge in [0, 0.05) is 18.4 Å². The zero-order valence-electron chi connectivity index (χ0n) is 21.2. The van der Waals surface area contributed by atoms with Gasteiger partial charge in [-0.15, -0.1) is 0 Å². The Balaban J connectivity index is 1.23. The summed E-state index contributed by atoms with van der Waals surface area (Å²) in [6, 6.07) is 7.07. The predicted molar refractivity (Wildman–Crippen MR) is 141 cm³/mol. The van der Waals surface area contributed by atoms with Crippen LogP contribution in [0.4, 0.5) is 19.4 Å². The summed E-state index contributed by atoms with van der Waals surface area (Å²) in [7, 11) is -9.73. The number of oxime groups is 1. The van der Waals surface area contributed by atoms with Crippen molar-refractivity contribution >= 4 is 22.1 Å². The van der Waals surface area contributed by atoms with Crippen LogP contribution in [0.3, 0.4) is 0 Å². The first kappa shape index (κ1) is 24.7.